The maximum absolute atomic E-state index is 12.2. The van der Waals surface area contributed by atoms with Crippen LogP contribution in [0.3, 0.4) is 0 Å². The van der Waals surface area contributed by atoms with Crippen LogP contribution in [0.2, 0.25) is 0 Å². The van der Waals surface area contributed by atoms with Crippen molar-refractivity contribution in [3.8, 4) is 5.75 Å². The first-order valence-electron chi connectivity index (χ1n) is 9.63. The van der Waals surface area contributed by atoms with Crippen LogP contribution in [0.25, 0.3) is 0 Å². The highest BCUT2D eigenvalue weighted by Gasteiger charge is 2.23. The van der Waals surface area contributed by atoms with Crippen molar-refractivity contribution in [2.24, 2.45) is 0 Å². The van der Waals surface area contributed by atoms with Gasteiger partial charge in [-0.15, -0.1) is 12.4 Å². The molecule has 0 saturated carbocycles. The highest BCUT2D eigenvalue weighted by Crippen LogP contribution is 2.34. The fourth-order valence-electron chi connectivity index (χ4n) is 3.44. The van der Waals surface area contributed by atoms with Crippen molar-refractivity contribution in [2.45, 2.75) is 65.6 Å². The van der Waals surface area contributed by atoms with E-state index in [4.69, 9.17) is 14.2 Å². The van der Waals surface area contributed by atoms with E-state index < -0.39 is 6.16 Å². The molecular formula is C21H34ClNO4. The van der Waals surface area contributed by atoms with Gasteiger partial charge in [0.15, 0.2) is 0 Å². The van der Waals surface area contributed by atoms with Crippen molar-refractivity contribution >= 4 is 18.6 Å². The molecule has 1 fully saturated rings. The Morgan fingerprint density at radius 2 is 1.63 bits per heavy atom. The SMILES string of the molecule is CC1CN(CCOC(=O)Oc2c(C(C)C)cccc2C(C)C)CC(C)O1.Cl. The quantitative estimate of drug-likeness (QED) is 0.498. The largest absolute Gasteiger partial charge is 0.513 e. The zero-order chi connectivity index (χ0) is 19.3. The van der Waals surface area contributed by atoms with Crippen LogP contribution in [-0.2, 0) is 9.47 Å². The Hall–Kier alpha value is -1.30. The first-order valence-corrected chi connectivity index (χ1v) is 9.63. The molecule has 1 aliphatic heterocycles. The second-order valence-corrected chi connectivity index (χ2v) is 7.79. The summed E-state index contributed by atoms with van der Waals surface area (Å²) in [6.45, 7) is 15.2. The number of rotatable bonds is 6. The molecule has 0 radical (unpaired) electrons. The van der Waals surface area contributed by atoms with Gasteiger partial charge in [0.25, 0.3) is 0 Å². The van der Waals surface area contributed by atoms with E-state index in [1.807, 2.05) is 18.2 Å². The Kier molecular flexibility index (Phi) is 9.57. The summed E-state index contributed by atoms with van der Waals surface area (Å²) in [6, 6.07) is 6.04. The lowest BCUT2D eigenvalue weighted by Gasteiger charge is -2.34. The second kappa shape index (κ2) is 10.9. The summed E-state index contributed by atoms with van der Waals surface area (Å²) in [5.41, 5.74) is 2.06. The third kappa shape index (κ3) is 6.98. The lowest BCUT2D eigenvalue weighted by atomic mass is 9.94. The Morgan fingerprint density at radius 3 is 2.11 bits per heavy atom. The number of morpholine rings is 1. The van der Waals surface area contributed by atoms with Crippen molar-refractivity contribution in [3.63, 3.8) is 0 Å². The third-order valence-corrected chi connectivity index (χ3v) is 4.63. The molecule has 0 amide bonds. The molecule has 1 saturated heterocycles. The summed E-state index contributed by atoms with van der Waals surface area (Å²) in [5.74, 6) is 1.19. The van der Waals surface area contributed by atoms with Gasteiger partial charge < -0.3 is 14.2 Å². The van der Waals surface area contributed by atoms with Gasteiger partial charge in [-0.3, -0.25) is 4.90 Å². The van der Waals surface area contributed by atoms with Crippen LogP contribution in [0, 0.1) is 0 Å². The zero-order valence-electron chi connectivity index (χ0n) is 17.4. The van der Waals surface area contributed by atoms with E-state index in [0.717, 1.165) is 24.2 Å². The molecule has 2 rings (SSSR count). The van der Waals surface area contributed by atoms with Crippen LogP contribution >= 0.6 is 12.4 Å². The van der Waals surface area contributed by atoms with Gasteiger partial charge in [-0.1, -0.05) is 45.9 Å². The number of halogens is 1. The predicted molar refractivity (Wildman–Crippen MR) is 110 cm³/mol. The lowest BCUT2D eigenvalue weighted by Crippen LogP contribution is -2.46. The van der Waals surface area contributed by atoms with Gasteiger partial charge in [0, 0.05) is 19.6 Å². The Labute approximate surface area is 169 Å². The number of hydrogen-bond acceptors (Lipinski definition) is 5. The fourth-order valence-corrected chi connectivity index (χ4v) is 3.44. The maximum Gasteiger partial charge on any atom is 0.513 e. The number of benzene rings is 1. The average Bonchev–Trinajstić information content (AvgIpc) is 2.53. The lowest BCUT2D eigenvalue weighted by molar-refractivity contribution is -0.0714. The number of para-hydroxylation sites is 1. The van der Waals surface area contributed by atoms with Gasteiger partial charge in [-0.05, 0) is 36.8 Å². The summed E-state index contributed by atoms with van der Waals surface area (Å²) in [5, 5.41) is 0. The third-order valence-electron chi connectivity index (χ3n) is 4.63. The molecule has 1 aliphatic rings. The van der Waals surface area contributed by atoms with E-state index in [2.05, 4.69) is 46.4 Å². The van der Waals surface area contributed by atoms with E-state index in [1.54, 1.807) is 0 Å². The van der Waals surface area contributed by atoms with Crippen molar-refractivity contribution in [3.05, 3.63) is 29.3 Å². The van der Waals surface area contributed by atoms with E-state index in [-0.39, 0.29) is 36.5 Å². The molecule has 27 heavy (non-hydrogen) atoms. The Balaban J connectivity index is 0.00000364. The normalized spacial score (nSPS) is 20.4. The molecule has 0 spiro atoms. The summed E-state index contributed by atoms with van der Waals surface area (Å²) in [4.78, 5) is 14.5. The van der Waals surface area contributed by atoms with Crippen LogP contribution in [0.15, 0.2) is 18.2 Å². The minimum absolute atomic E-state index is 0. The average molecular weight is 400 g/mol. The fraction of sp³-hybridized carbons (Fsp3) is 0.667. The molecule has 1 heterocycles. The number of nitrogens with zero attached hydrogens (tertiary/aromatic N) is 1. The summed E-state index contributed by atoms with van der Waals surface area (Å²) >= 11 is 0. The van der Waals surface area contributed by atoms with Crippen LogP contribution in [-0.4, -0.2) is 49.5 Å². The minimum Gasteiger partial charge on any atom is -0.433 e. The van der Waals surface area contributed by atoms with Crippen molar-refractivity contribution in [1.82, 2.24) is 4.90 Å². The molecule has 2 unspecified atom stereocenters. The van der Waals surface area contributed by atoms with E-state index >= 15 is 0 Å². The van der Waals surface area contributed by atoms with Gasteiger partial charge in [-0.2, -0.15) is 0 Å². The van der Waals surface area contributed by atoms with Crippen LogP contribution < -0.4 is 4.74 Å². The molecule has 2 atom stereocenters. The molecule has 1 aromatic carbocycles. The molecule has 1 aromatic rings. The number of carbonyl (C=O) groups excluding carboxylic acids is 1. The Morgan fingerprint density at radius 1 is 1.11 bits per heavy atom. The monoisotopic (exact) mass is 399 g/mol. The summed E-state index contributed by atoms with van der Waals surface area (Å²) < 4.78 is 16.7. The van der Waals surface area contributed by atoms with Crippen molar-refractivity contribution in [1.29, 1.82) is 0 Å². The molecular weight excluding hydrogens is 366 g/mol. The van der Waals surface area contributed by atoms with Gasteiger partial charge >= 0.3 is 6.16 Å². The topological polar surface area (TPSA) is 48.0 Å². The predicted octanol–water partition coefficient (Wildman–Crippen LogP) is 4.98. The molecule has 0 bridgehead atoms. The number of hydrogen-bond donors (Lipinski definition) is 0. The maximum atomic E-state index is 12.2. The minimum atomic E-state index is -0.630. The summed E-state index contributed by atoms with van der Waals surface area (Å²) in [7, 11) is 0. The first-order chi connectivity index (χ1) is 12.3. The highest BCUT2D eigenvalue weighted by molar-refractivity contribution is 5.85. The van der Waals surface area contributed by atoms with Gasteiger partial charge in [0.1, 0.15) is 12.4 Å². The van der Waals surface area contributed by atoms with E-state index in [0.29, 0.717) is 18.9 Å². The molecule has 5 nitrogen and oxygen atoms in total. The van der Waals surface area contributed by atoms with Crippen LogP contribution in [0.4, 0.5) is 4.79 Å². The van der Waals surface area contributed by atoms with Crippen LogP contribution in [0.1, 0.15) is 64.5 Å². The van der Waals surface area contributed by atoms with Gasteiger partial charge in [0.05, 0.1) is 12.2 Å². The molecule has 6 heteroatoms. The van der Waals surface area contributed by atoms with Crippen molar-refractivity contribution < 1.29 is 19.0 Å². The van der Waals surface area contributed by atoms with E-state index in [1.165, 1.54) is 0 Å². The smallest absolute Gasteiger partial charge is 0.433 e. The standard InChI is InChI=1S/C21H33NO4.ClH/c1-14(2)18-8-7-9-19(15(3)4)20(18)26-21(23)24-11-10-22-12-16(5)25-17(6)13-22;/h7-9,14-17H,10-13H2,1-6H3;1H. The summed E-state index contributed by atoms with van der Waals surface area (Å²) in [6.07, 6.45) is -0.219. The van der Waals surface area contributed by atoms with Gasteiger partial charge in [0.2, 0.25) is 0 Å². The van der Waals surface area contributed by atoms with E-state index in [9.17, 15) is 4.79 Å². The second-order valence-electron chi connectivity index (χ2n) is 7.79. The Bertz CT molecular complexity index is 570. The number of carbonyl (C=O) groups is 1. The first kappa shape index (κ1) is 23.7. The number of ether oxygens (including phenoxy) is 3. The molecule has 0 aliphatic carbocycles. The molecule has 0 aromatic heterocycles. The highest BCUT2D eigenvalue weighted by atomic mass is 35.5. The zero-order valence-corrected chi connectivity index (χ0v) is 18.2. The molecule has 0 N–H and O–H groups in total. The van der Waals surface area contributed by atoms with Gasteiger partial charge in [-0.25, -0.2) is 4.79 Å². The molecule has 154 valence electrons. The van der Waals surface area contributed by atoms with Crippen LogP contribution in [0.5, 0.6) is 5.75 Å². The van der Waals surface area contributed by atoms with Crippen molar-refractivity contribution in [2.75, 3.05) is 26.2 Å².